The Bertz CT molecular complexity index is 1130. The number of nitrogens with zero attached hydrogens (tertiary/aromatic N) is 3. The Balaban J connectivity index is 1.47. The van der Waals surface area contributed by atoms with Crippen molar-refractivity contribution in [2.75, 3.05) is 45.6 Å². The van der Waals surface area contributed by atoms with Gasteiger partial charge in [-0.2, -0.15) is 5.26 Å². The minimum Gasteiger partial charge on any atom is -0.493 e. The molecule has 1 aliphatic rings. The predicted octanol–water partition coefficient (Wildman–Crippen LogP) is 3.00. The molecule has 0 bridgehead atoms. The first-order valence-electron chi connectivity index (χ1n) is 11.6. The summed E-state index contributed by atoms with van der Waals surface area (Å²) in [6, 6.07) is 16.5. The molecule has 3 rings (SSSR count). The number of likely N-dealkylation sites (tertiary alicyclic amines) is 1. The normalized spacial score (nSPS) is 18.4. The van der Waals surface area contributed by atoms with E-state index >= 15 is 0 Å². The average Bonchev–Trinajstić information content (AvgIpc) is 3.19. The van der Waals surface area contributed by atoms with Gasteiger partial charge in [0.2, 0.25) is 5.91 Å². The van der Waals surface area contributed by atoms with Crippen LogP contribution in [-0.4, -0.2) is 69.7 Å². The van der Waals surface area contributed by atoms with Crippen molar-refractivity contribution >= 4 is 15.7 Å². The Morgan fingerprint density at radius 1 is 1.21 bits per heavy atom. The molecule has 0 N–H and O–H groups in total. The van der Waals surface area contributed by atoms with Gasteiger partial charge >= 0.3 is 0 Å². The standard InChI is InChI=1S/C26H33N3O4S/c1-20-17-29(12-11-22-5-4-6-23(15-22)16-27)18-24(20)19-33-25-7-9-26(10-8-25)34(31,32)14-13-28(3)21(2)30/h4-10,15,20,24H,11-14,17-19H2,1-3H3. The maximum atomic E-state index is 12.5. The highest BCUT2D eigenvalue weighted by Crippen LogP contribution is 2.25. The van der Waals surface area contributed by atoms with Gasteiger partial charge in [-0.05, 0) is 54.3 Å². The van der Waals surface area contributed by atoms with Crippen LogP contribution in [0.25, 0.3) is 0 Å². The van der Waals surface area contributed by atoms with Gasteiger partial charge in [0.05, 0.1) is 28.9 Å². The minimum absolute atomic E-state index is 0.112. The van der Waals surface area contributed by atoms with E-state index in [1.165, 1.54) is 17.4 Å². The van der Waals surface area contributed by atoms with Crippen LogP contribution in [0.1, 0.15) is 25.0 Å². The van der Waals surface area contributed by atoms with Gasteiger partial charge in [-0.25, -0.2) is 8.42 Å². The maximum absolute atomic E-state index is 12.5. The fourth-order valence-electron chi connectivity index (χ4n) is 4.10. The first-order chi connectivity index (χ1) is 16.2. The van der Waals surface area contributed by atoms with Gasteiger partial charge in [0.1, 0.15) is 5.75 Å². The molecule has 2 aromatic rings. The molecule has 0 aliphatic carbocycles. The molecular weight excluding hydrogens is 450 g/mol. The third-order valence-corrected chi connectivity index (χ3v) is 8.21. The van der Waals surface area contributed by atoms with Crippen molar-refractivity contribution in [2.45, 2.75) is 25.2 Å². The SMILES string of the molecule is CC(=O)N(C)CCS(=O)(=O)c1ccc(OCC2CN(CCc3cccc(C#N)c3)CC2C)cc1. The van der Waals surface area contributed by atoms with Crippen molar-refractivity contribution in [1.29, 1.82) is 5.26 Å². The lowest BCUT2D eigenvalue weighted by Gasteiger charge is -2.17. The van der Waals surface area contributed by atoms with Gasteiger partial charge in [-0.3, -0.25) is 4.79 Å². The largest absolute Gasteiger partial charge is 0.493 e. The summed E-state index contributed by atoms with van der Waals surface area (Å²) in [6.07, 6.45) is 0.911. The smallest absolute Gasteiger partial charge is 0.219 e. The number of amides is 1. The van der Waals surface area contributed by atoms with Gasteiger partial charge in [0, 0.05) is 46.1 Å². The van der Waals surface area contributed by atoms with E-state index in [-0.39, 0.29) is 23.1 Å². The highest BCUT2D eigenvalue weighted by atomic mass is 32.2. The monoisotopic (exact) mass is 483 g/mol. The van der Waals surface area contributed by atoms with Gasteiger partial charge in [-0.15, -0.1) is 0 Å². The molecule has 2 aromatic carbocycles. The van der Waals surface area contributed by atoms with Crippen LogP contribution in [-0.2, 0) is 21.1 Å². The molecule has 0 spiro atoms. The number of nitriles is 1. The molecule has 8 heteroatoms. The molecule has 34 heavy (non-hydrogen) atoms. The second-order valence-corrected chi connectivity index (χ2v) is 11.2. The molecular formula is C26H33N3O4S. The Morgan fingerprint density at radius 3 is 2.62 bits per heavy atom. The summed E-state index contributed by atoms with van der Waals surface area (Å²) in [5, 5.41) is 9.06. The first-order valence-corrected chi connectivity index (χ1v) is 13.2. The first kappa shape index (κ1) is 25.7. The van der Waals surface area contributed by atoms with E-state index in [4.69, 9.17) is 10.00 Å². The van der Waals surface area contributed by atoms with E-state index in [1.807, 2.05) is 18.2 Å². The second-order valence-electron chi connectivity index (χ2n) is 9.10. The Kier molecular flexibility index (Phi) is 8.70. The number of carbonyl (C=O) groups excluding carboxylic acids is 1. The van der Waals surface area contributed by atoms with Crippen LogP contribution in [0.2, 0.25) is 0 Å². The fourth-order valence-corrected chi connectivity index (χ4v) is 5.41. The lowest BCUT2D eigenvalue weighted by molar-refractivity contribution is -0.127. The van der Waals surface area contributed by atoms with E-state index in [0.717, 1.165) is 26.1 Å². The Morgan fingerprint density at radius 2 is 1.94 bits per heavy atom. The summed E-state index contributed by atoms with van der Waals surface area (Å²) in [7, 11) is -1.87. The number of hydrogen-bond donors (Lipinski definition) is 0. The summed E-state index contributed by atoms with van der Waals surface area (Å²) in [4.78, 5) is 15.4. The van der Waals surface area contributed by atoms with Crippen LogP contribution >= 0.6 is 0 Å². The molecule has 1 heterocycles. The van der Waals surface area contributed by atoms with E-state index in [2.05, 4.69) is 24.0 Å². The number of rotatable bonds is 10. The van der Waals surface area contributed by atoms with Crippen molar-refractivity contribution in [3.8, 4) is 11.8 Å². The van der Waals surface area contributed by atoms with Gasteiger partial charge in [0.25, 0.3) is 0 Å². The number of hydrogen-bond acceptors (Lipinski definition) is 6. The fraction of sp³-hybridized carbons (Fsp3) is 0.462. The van der Waals surface area contributed by atoms with E-state index in [9.17, 15) is 13.2 Å². The number of sulfone groups is 1. The van der Waals surface area contributed by atoms with Crippen LogP contribution in [0.5, 0.6) is 5.75 Å². The quantitative estimate of drug-likeness (QED) is 0.516. The van der Waals surface area contributed by atoms with Crippen LogP contribution in [0, 0.1) is 23.2 Å². The molecule has 0 saturated carbocycles. The predicted molar refractivity (Wildman–Crippen MR) is 131 cm³/mol. The molecule has 0 aromatic heterocycles. The molecule has 1 aliphatic heterocycles. The Hall–Kier alpha value is -2.89. The van der Waals surface area contributed by atoms with Gasteiger partial charge < -0.3 is 14.5 Å². The molecule has 7 nitrogen and oxygen atoms in total. The third kappa shape index (κ3) is 7.05. The van der Waals surface area contributed by atoms with Crippen LogP contribution in [0.15, 0.2) is 53.4 Å². The topological polar surface area (TPSA) is 90.7 Å². The van der Waals surface area contributed by atoms with Crippen LogP contribution < -0.4 is 4.74 Å². The highest BCUT2D eigenvalue weighted by molar-refractivity contribution is 7.91. The van der Waals surface area contributed by atoms with Crippen molar-refractivity contribution < 1.29 is 17.9 Å². The van der Waals surface area contributed by atoms with Crippen molar-refractivity contribution in [3.05, 3.63) is 59.7 Å². The molecule has 2 unspecified atom stereocenters. The molecule has 1 fully saturated rings. The number of carbonyl (C=O) groups is 1. The number of ether oxygens (including phenoxy) is 1. The lowest BCUT2D eigenvalue weighted by Crippen LogP contribution is -2.29. The average molecular weight is 484 g/mol. The third-order valence-electron chi connectivity index (χ3n) is 6.50. The Labute approximate surface area is 202 Å². The van der Waals surface area contributed by atoms with Crippen molar-refractivity contribution in [3.63, 3.8) is 0 Å². The highest BCUT2D eigenvalue weighted by Gasteiger charge is 2.29. The second kappa shape index (κ2) is 11.5. The van der Waals surface area contributed by atoms with E-state index in [1.54, 1.807) is 31.3 Å². The molecule has 1 amide bonds. The minimum atomic E-state index is -3.46. The molecule has 0 radical (unpaired) electrons. The zero-order chi connectivity index (χ0) is 24.7. The maximum Gasteiger partial charge on any atom is 0.219 e. The zero-order valence-electron chi connectivity index (χ0n) is 20.1. The zero-order valence-corrected chi connectivity index (χ0v) is 20.9. The lowest BCUT2D eigenvalue weighted by atomic mass is 9.99. The summed E-state index contributed by atoms with van der Waals surface area (Å²) in [5.41, 5.74) is 1.87. The van der Waals surface area contributed by atoms with E-state index in [0.29, 0.717) is 29.8 Å². The summed E-state index contributed by atoms with van der Waals surface area (Å²) in [6.45, 7) is 7.30. The molecule has 182 valence electrons. The number of benzene rings is 2. The van der Waals surface area contributed by atoms with Crippen molar-refractivity contribution in [1.82, 2.24) is 9.80 Å². The van der Waals surface area contributed by atoms with Gasteiger partial charge in [-0.1, -0.05) is 19.1 Å². The summed E-state index contributed by atoms with van der Waals surface area (Å²) in [5.74, 6) is 1.28. The molecule has 2 atom stereocenters. The summed E-state index contributed by atoms with van der Waals surface area (Å²) >= 11 is 0. The van der Waals surface area contributed by atoms with E-state index < -0.39 is 9.84 Å². The van der Waals surface area contributed by atoms with Crippen LogP contribution in [0.4, 0.5) is 0 Å². The van der Waals surface area contributed by atoms with Crippen molar-refractivity contribution in [2.24, 2.45) is 11.8 Å². The van der Waals surface area contributed by atoms with Gasteiger partial charge in [0.15, 0.2) is 9.84 Å². The summed E-state index contributed by atoms with van der Waals surface area (Å²) < 4.78 is 31.0. The molecule has 1 saturated heterocycles. The van der Waals surface area contributed by atoms with Crippen LogP contribution in [0.3, 0.4) is 0 Å².